The van der Waals surface area contributed by atoms with E-state index in [2.05, 4.69) is 14.9 Å². The summed E-state index contributed by atoms with van der Waals surface area (Å²) in [4.78, 5) is 0. The van der Waals surface area contributed by atoms with Crippen LogP contribution in [0.25, 0.3) is 0 Å². The minimum absolute atomic E-state index is 0.0911. The van der Waals surface area contributed by atoms with Crippen LogP contribution in [-0.2, 0) is 0 Å². The second kappa shape index (κ2) is 4.18. The summed E-state index contributed by atoms with van der Waals surface area (Å²) in [6.45, 7) is -1.45. The molecule has 0 radical (unpaired) electrons. The van der Waals surface area contributed by atoms with E-state index < -0.39 is 12.8 Å². The number of hydrogen-bond acceptors (Lipinski definition) is 3. The molecule has 0 aliphatic carbocycles. The Morgan fingerprint density at radius 2 is 1.93 bits per heavy atom. The molecule has 0 N–H and O–H groups in total. The van der Waals surface area contributed by atoms with E-state index in [-0.39, 0.29) is 16.1 Å². The van der Waals surface area contributed by atoms with Gasteiger partial charge in [-0.05, 0) is 0 Å². The maximum absolute atomic E-state index is 11.7. The fourth-order valence-corrected chi connectivity index (χ4v) is 0.882. The zero-order valence-corrected chi connectivity index (χ0v) is 7.99. The molecule has 0 aliphatic heterocycles. The van der Waals surface area contributed by atoms with Gasteiger partial charge in [-0.15, -0.1) is 10.2 Å². The second-order valence-electron chi connectivity index (χ2n) is 2.23. The van der Waals surface area contributed by atoms with Gasteiger partial charge in [0.1, 0.15) is 0 Å². The molecular weight excluding hydrogens is 244 g/mol. The average molecular weight is 247 g/mol. The van der Waals surface area contributed by atoms with Crippen LogP contribution in [0.15, 0.2) is 6.07 Å². The quantitative estimate of drug-likeness (QED) is 0.805. The Bertz CT molecular complexity index is 331. The van der Waals surface area contributed by atoms with Crippen LogP contribution in [-0.4, -0.2) is 23.0 Å². The highest BCUT2D eigenvalue weighted by molar-refractivity contribution is 6.32. The topological polar surface area (TPSA) is 35.0 Å². The molecule has 0 unspecified atom stereocenters. The summed E-state index contributed by atoms with van der Waals surface area (Å²) < 4.78 is 39.5. The van der Waals surface area contributed by atoms with Crippen molar-refractivity contribution < 1.29 is 17.9 Å². The second-order valence-corrected chi connectivity index (χ2v) is 2.97. The van der Waals surface area contributed by atoms with E-state index >= 15 is 0 Å². The predicted octanol–water partition coefficient (Wildman–Crippen LogP) is 2.72. The van der Waals surface area contributed by atoms with Crippen molar-refractivity contribution in [3.8, 4) is 5.75 Å². The van der Waals surface area contributed by atoms with Gasteiger partial charge in [0.25, 0.3) is 0 Å². The Morgan fingerprint density at radius 3 is 2.50 bits per heavy atom. The van der Waals surface area contributed by atoms with Crippen molar-refractivity contribution in [2.24, 2.45) is 0 Å². The van der Waals surface area contributed by atoms with Crippen LogP contribution < -0.4 is 4.74 Å². The van der Waals surface area contributed by atoms with E-state index in [9.17, 15) is 13.2 Å². The molecule has 0 fully saturated rings. The van der Waals surface area contributed by atoms with Crippen LogP contribution in [0.5, 0.6) is 5.75 Å². The van der Waals surface area contributed by atoms with Gasteiger partial charge in [-0.3, -0.25) is 0 Å². The summed E-state index contributed by atoms with van der Waals surface area (Å²) in [5, 5.41) is 6.22. The molecule has 0 atom stereocenters. The van der Waals surface area contributed by atoms with Crippen LogP contribution in [0.3, 0.4) is 0 Å². The third kappa shape index (κ3) is 3.55. The first-order valence-corrected chi connectivity index (χ1v) is 4.02. The Kier molecular flexibility index (Phi) is 3.38. The van der Waals surface area contributed by atoms with Crippen molar-refractivity contribution in [2.45, 2.75) is 6.18 Å². The zero-order chi connectivity index (χ0) is 10.8. The number of ether oxygens (including phenoxy) is 1. The molecule has 0 bridgehead atoms. The Morgan fingerprint density at radius 1 is 1.29 bits per heavy atom. The van der Waals surface area contributed by atoms with Gasteiger partial charge < -0.3 is 4.74 Å². The molecule has 1 aromatic heterocycles. The molecule has 78 valence electrons. The summed E-state index contributed by atoms with van der Waals surface area (Å²) in [5.74, 6) is -0.246. The van der Waals surface area contributed by atoms with Gasteiger partial charge in [0.05, 0.1) is 0 Å². The molecule has 0 amide bonds. The lowest BCUT2D eigenvalue weighted by Gasteiger charge is -2.09. The van der Waals surface area contributed by atoms with Gasteiger partial charge in [0, 0.05) is 6.07 Å². The fraction of sp³-hybridized carbons (Fsp3) is 0.333. The molecule has 0 aromatic carbocycles. The van der Waals surface area contributed by atoms with E-state index in [0.717, 1.165) is 6.07 Å². The molecule has 0 saturated heterocycles. The Labute approximate surface area is 86.8 Å². The first-order chi connectivity index (χ1) is 6.38. The number of nitrogens with zero attached hydrogens (tertiary/aromatic N) is 2. The number of rotatable bonds is 2. The van der Waals surface area contributed by atoms with Gasteiger partial charge in [0.15, 0.2) is 22.7 Å². The van der Waals surface area contributed by atoms with Crippen LogP contribution in [0.4, 0.5) is 13.2 Å². The number of halogens is 5. The van der Waals surface area contributed by atoms with E-state index in [1.54, 1.807) is 0 Å². The molecule has 1 rings (SSSR count). The molecular formula is C6H3Cl2F3N2O. The highest BCUT2D eigenvalue weighted by Crippen LogP contribution is 2.25. The lowest BCUT2D eigenvalue weighted by molar-refractivity contribution is -0.153. The van der Waals surface area contributed by atoms with Crippen molar-refractivity contribution in [2.75, 3.05) is 6.61 Å². The molecule has 1 heterocycles. The monoisotopic (exact) mass is 246 g/mol. The van der Waals surface area contributed by atoms with Crippen molar-refractivity contribution in [1.82, 2.24) is 10.2 Å². The van der Waals surface area contributed by atoms with Gasteiger partial charge in [0.2, 0.25) is 0 Å². The van der Waals surface area contributed by atoms with Crippen molar-refractivity contribution in [3.05, 3.63) is 16.4 Å². The molecule has 0 saturated carbocycles. The first-order valence-electron chi connectivity index (χ1n) is 3.27. The van der Waals surface area contributed by atoms with Crippen molar-refractivity contribution in [3.63, 3.8) is 0 Å². The fourth-order valence-electron chi connectivity index (χ4n) is 0.598. The highest BCUT2D eigenvalue weighted by atomic mass is 35.5. The lowest BCUT2D eigenvalue weighted by Crippen LogP contribution is -2.19. The number of aromatic nitrogens is 2. The Balaban J connectivity index is 2.72. The van der Waals surface area contributed by atoms with Gasteiger partial charge in [-0.2, -0.15) is 13.2 Å². The third-order valence-corrected chi connectivity index (χ3v) is 1.52. The van der Waals surface area contributed by atoms with Crippen molar-refractivity contribution >= 4 is 23.2 Å². The minimum Gasteiger partial charge on any atom is -0.481 e. The van der Waals surface area contributed by atoms with Crippen LogP contribution in [0, 0.1) is 0 Å². The average Bonchev–Trinajstić information content (AvgIpc) is 2.05. The van der Waals surface area contributed by atoms with Crippen molar-refractivity contribution in [1.29, 1.82) is 0 Å². The standard InChI is InChI=1S/C6H3Cl2F3N2O/c7-4-1-3(5(8)13-12-4)14-2-6(9,10)11/h1H,2H2. The largest absolute Gasteiger partial charge is 0.481 e. The summed E-state index contributed by atoms with van der Waals surface area (Å²) >= 11 is 10.8. The van der Waals surface area contributed by atoms with Gasteiger partial charge >= 0.3 is 6.18 Å². The van der Waals surface area contributed by atoms with Crippen LogP contribution in [0.1, 0.15) is 0 Å². The summed E-state index contributed by atoms with van der Waals surface area (Å²) in [7, 11) is 0. The lowest BCUT2D eigenvalue weighted by atomic mass is 10.5. The molecule has 3 nitrogen and oxygen atoms in total. The number of alkyl halides is 3. The highest BCUT2D eigenvalue weighted by Gasteiger charge is 2.29. The SMILES string of the molecule is FC(F)(F)COc1cc(Cl)nnc1Cl. The van der Waals surface area contributed by atoms with E-state index in [4.69, 9.17) is 23.2 Å². The summed E-state index contributed by atoms with van der Waals surface area (Å²) in [6.07, 6.45) is -4.43. The maximum Gasteiger partial charge on any atom is 0.422 e. The summed E-state index contributed by atoms with van der Waals surface area (Å²) in [6, 6.07) is 1.06. The molecule has 0 spiro atoms. The van der Waals surface area contributed by atoms with Crippen LogP contribution in [0.2, 0.25) is 10.3 Å². The smallest absolute Gasteiger partial charge is 0.422 e. The molecule has 8 heteroatoms. The summed E-state index contributed by atoms with van der Waals surface area (Å²) in [5.41, 5.74) is 0. The van der Waals surface area contributed by atoms with E-state index in [0.29, 0.717) is 0 Å². The third-order valence-electron chi connectivity index (χ3n) is 1.08. The molecule has 0 aliphatic rings. The van der Waals surface area contributed by atoms with E-state index in [1.807, 2.05) is 0 Å². The van der Waals surface area contributed by atoms with E-state index in [1.165, 1.54) is 0 Å². The normalized spacial score (nSPS) is 11.5. The van der Waals surface area contributed by atoms with Gasteiger partial charge in [-0.25, -0.2) is 0 Å². The zero-order valence-electron chi connectivity index (χ0n) is 6.48. The molecule has 14 heavy (non-hydrogen) atoms. The predicted molar refractivity (Wildman–Crippen MR) is 43.6 cm³/mol. The number of hydrogen-bond donors (Lipinski definition) is 0. The van der Waals surface area contributed by atoms with Gasteiger partial charge in [-0.1, -0.05) is 23.2 Å². The Hall–Kier alpha value is -0.750. The maximum atomic E-state index is 11.7. The minimum atomic E-state index is -4.43. The molecule has 1 aromatic rings. The van der Waals surface area contributed by atoms with Crippen LogP contribution >= 0.6 is 23.2 Å². The first kappa shape index (κ1) is 11.3.